The number of ether oxygens (including phenoxy) is 2. The highest BCUT2D eigenvalue weighted by molar-refractivity contribution is 5.50. The van der Waals surface area contributed by atoms with Gasteiger partial charge in [0.25, 0.3) is 0 Å². The molecule has 4 nitrogen and oxygen atoms in total. The smallest absolute Gasteiger partial charge is 0.231 e. The maximum absolute atomic E-state index is 5.56. The fourth-order valence-electron chi connectivity index (χ4n) is 2.46. The number of nitrogens with one attached hydrogen (secondary N) is 1. The molecule has 2 aliphatic heterocycles. The molecule has 0 aromatic heterocycles. The number of hydrogen-bond acceptors (Lipinski definition) is 4. The fourth-order valence-corrected chi connectivity index (χ4v) is 2.46. The predicted molar refractivity (Wildman–Crippen MR) is 65.4 cm³/mol. The van der Waals surface area contributed by atoms with E-state index >= 15 is 0 Å². The van der Waals surface area contributed by atoms with Crippen LogP contribution >= 0.6 is 0 Å². The van der Waals surface area contributed by atoms with Gasteiger partial charge in [0.15, 0.2) is 11.5 Å². The number of rotatable bonds is 2. The Labute approximate surface area is 102 Å². The minimum atomic E-state index is 0.355. The minimum absolute atomic E-state index is 0.355. The summed E-state index contributed by atoms with van der Waals surface area (Å²) in [5, 5.41) is 3.37. The second-order valence-corrected chi connectivity index (χ2v) is 4.68. The topological polar surface area (TPSA) is 33.7 Å². The van der Waals surface area contributed by atoms with E-state index in [0.717, 1.165) is 44.2 Å². The molecule has 0 saturated carbocycles. The molecule has 3 rings (SSSR count). The molecule has 2 aliphatic rings. The van der Waals surface area contributed by atoms with Crippen molar-refractivity contribution in [2.24, 2.45) is 0 Å². The molecule has 0 radical (unpaired) electrons. The standard InChI is InChI=1S/C13H18N2O2/c1-10-6-11(8-15-4-2-14-3-5-15)13-12(7-10)16-9-17-13/h6-7,14H,2-5,8-9H2,1H3. The van der Waals surface area contributed by atoms with Crippen molar-refractivity contribution < 1.29 is 9.47 Å². The number of nitrogens with zero attached hydrogens (tertiary/aromatic N) is 1. The Morgan fingerprint density at radius 1 is 1.24 bits per heavy atom. The van der Waals surface area contributed by atoms with E-state index < -0.39 is 0 Å². The minimum Gasteiger partial charge on any atom is -0.454 e. The molecular formula is C13H18N2O2. The van der Waals surface area contributed by atoms with Gasteiger partial charge in [0.2, 0.25) is 6.79 Å². The molecule has 17 heavy (non-hydrogen) atoms. The molecule has 1 N–H and O–H groups in total. The maximum atomic E-state index is 5.56. The predicted octanol–water partition coefficient (Wildman–Crippen LogP) is 1.13. The molecule has 0 bridgehead atoms. The number of aryl methyl sites for hydroxylation is 1. The summed E-state index contributed by atoms with van der Waals surface area (Å²) in [4.78, 5) is 2.45. The molecule has 1 aromatic carbocycles. The molecule has 0 atom stereocenters. The van der Waals surface area contributed by atoms with Crippen LogP contribution in [0.1, 0.15) is 11.1 Å². The molecule has 92 valence electrons. The second-order valence-electron chi connectivity index (χ2n) is 4.68. The average Bonchev–Trinajstić information content (AvgIpc) is 2.78. The average molecular weight is 234 g/mol. The molecule has 4 heteroatoms. The third-order valence-electron chi connectivity index (χ3n) is 3.30. The molecule has 0 spiro atoms. The Morgan fingerprint density at radius 3 is 2.88 bits per heavy atom. The molecule has 1 saturated heterocycles. The summed E-state index contributed by atoms with van der Waals surface area (Å²) in [5.74, 6) is 1.84. The van der Waals surface area contributed by atoms with Crippen LogP contribution in [-0.4, -0.2) is 37.9 Å². The van der Waals surface area contributed by atoms with Crippen molar-refractivity contribution in [1.29, 1.82) is 0 Å². The van der Waals surface area contributed by atoms with Crippen LogP contribution in [0.15, 0.2) is 12.1 Å². The van der Waals surface area contributed by atoms with Gasteiger partial charge in [-0.05, 0) is 18.6 Å². The lowest BCUT2D eigenvalue weighted by molar-refractivity contribution is 0.171. The zero-order chi connectivity index (χ0) is 11.7. The van der Waals surface area contributed by atoms with E-state index in [1.54, 1.807) is 0 Å². The summed E-state index contributed by atoms with van der Waals surface area (Å²) < 4.78 is 11.0. The van der Waals surface area contributed by atoms with Gasteiger partial charge < -0.3 is 14.8 Å². The summed E-state index contributed by atoms with van der Waals surface area (Å²) in [6.45, 7) is 7.76. The molecule has 0 aliphatic carbocycles. The first-order valence-corrected chi connectivity index (χ1v) is 6.15. The summed E-state index contributed by atoms with van der Waals surface area (Å²) in [6, 6.07) is 4.25. The zero-order valence-corrected chi connectivity index (χ0v) is 10.2. The Bertz CT molecular complexity index is 414. The van der Waals surface area contributed by atoms with Crippen molar-refractivity contribution >= 4 is 0 Å². The van der Waals surface area contributed by atoms with Crippen molar-refractivity contribution in [2.45, 2.75) is 13.5 Å². The van der Waals surface area contributed by atoms with E-state index in [2.05, 4.69) is 23.2 Å². The van der Waals surface area contributed by atoms with E-state index in [-0.39, 0.29) is 0 Å². The second kappa shape index (κ2) is 4.55. The molecule has 0 unspecified atom stereocenters. The van der Waals surface area contributed by atoms with E-state index in [4.69, 9.17) is 9.47 Å². The van der Waals surface area contributed by atoms with Crippen molar-refractivity contribution in [3.05, 3.63) is 23.3 Å². The van der Waals surface area contributed by atoms with Gasteiger partial charge in [-0.1, -0.05) is 6.07 Å². The van der Waals surface area contributed by atoms with Crippen molar-refractivity contribution in [1.82, 2.24) is 10.2 Å². The highest BCUT2D eigenvalue weighted by Crippen LogP contribution is 2.37. The lowest BCUT2D eigenvalue weighted by Gasteiger charge is -2.27. The molecule has 1 aromatic rings. The van der Waals surface area contributed by atoms with E-state index in [1.807, 2.05) is 6.07 Å². The van der Waals surface area contributed by atoms with Gasteiger partial charge in [0.1, 0.15) is 0 Å². The van der Waals surface area contributed by atoms with E-state index in [0.29, 0.717) is 6.79 Å². The van der Waals surface area contributed by atoms with Crippen molar-refractivity contribution in [3.63, 3.8) is 0 Å². The molecule has 0 amide bonds. The van der Waals surface area contributed by atoms with Crippen LogP contribution in [-0.2, 0) is 6.54 Å². The maximum Gasteiger partial charge on any atom is 0.231 e. The largest absolute Gasteiger partial charge is 0.454 e. The van der Waals surface area contributed by atoms with Gasteiger partial charge in [-0.25, -0.2) is 0 Å². The van der Waals surface area contributed by atoms with Gasteiger partial charge in [0.05, 0.1) is 0 Å². The summed E-state index contributed by atoms with van der Waals surface area (Å²) in [5.41, 5.74) is 2.48. The fraction of sp³-hybridized carbons (Fsp3) is 0.538. The van der Waals surface area contributed by atoms with E-state index in [9.17, 15) is 0 Å². The van der Waals surface area contributed by atoms with Gasteiger partial charge in [-0.15, -0.1) is 0 Å². The van der Waals surface area contributed by atoms with Gasteiger partial charge in [-0.3, -0.25) is 4.90 Å². The molecular weight excluding hydrogens is 216 g/mol. The lowest BCUT2D eigenvalue weighted by Crippen LogP contribution is -2.42. The lowest BCUT2D eigenvalue weighted by atomic mass is 10.1. The third kappa shape index (κ3) is 2.23. The van der Waals surface area contributed by atoms with E-state index in [1.165, 1.54) is 11.1 Å². The highest BCUT2D eigenvalue weighted by atomic mass is 16.7. The first-order valence-electron chi connectivity index (χ1n) is 6.15. The summed E-state index contributed by atoms with van der Waals surface area (Å²) in [7, 11) is 0. The van der Waals surface area contributed by atoms with Crippen LogP contribution in [0.4, 0.5) is 0 Å². The quantitative estimate of drug-likeness (QED) is 0.831. The van der Waals surface area contributed by atoms with Crippen LogP contribution < -0.4 is 14.8 Å². The first kappa shape index (κ1) is 10.9. The Hall–Kier alpha value is -1.26. The first-order chi connectivity index (χ1) is 8.33. The zero-order valence-electron chi connectivity index (χ0n) is 10.2. The molecule has 2 heterocycles. The third-order valence-corrected chi connectivity index (χ3v) is 3.30. The number of fused-ring (bicyclic) bond motifs is 1. The Morgan fingerprint density at radius 2 is 2.06 bits per heavy atom. The normalized spacial score (nSPS) is 19.6. The van der Waals surface area contributed by atoms with Crippen molar-refractivity contribution in [3.8, 4) is 11.5 Å². The van der Waals surface area contributed by atoms with Gasteiger partial charge >= 0.3 is 0 Å². The van der Waals surface area contributed by atoms with Gasteiger partial charge in [-0.2, -0.15) is 0 Å². The van der Waals surface area contributed by atoms with Crippen LogP contribution in [0.5, 0.6) is 11.5 Å². The van der Waals surface area contributed by atoms with Crippen LogP contribution in [0.25, 0.3) is 0 Å². The van der Waals surface area contributed by atoms with Crippen LogP contribution in [0.2, 0.25) is 0 Å². The summed E-state index contributed by atoms with van der Waals surface area (Å²) >= 11 is 0. The van der Waals surface area contributed by atoms with Crippen LogP contribution in [0.3, 0.4) is 0 Å². The Kier molecular flexibility index (Phi) is 2.91. The number of hydrogen-bond donors (Lipinski definition) is 1. The van der Waals surface area contributed by atoms with Crippen LogP contribution in [0, 0.1) is 6.92 Å². The van der Waals surface area contributed by atoms with Gasteiger partial charge in [0, 0.05) is 38.3 Å². The summed E-state index contributed by atoms with van der Waals surface area (Å²) in [6.07, 6.45) is 0. The number of benzene rings is 1. The Balaban J connectivity index is 1.82. The number of piperazine rings is 1. The SMILES string of the molecule is Cc1cc(CN2CCNCC2)c2c(c1)OCO2. The highest BCUT2D eigenvalue weighted by Gasteiger charge is 2.20. The monoisotopic (exact) mass is 234 g/mol. The molecule has 1 fully saturated rings. The van der Waals surface area contributed by atoms with Crippen molar-refractivity contribution in [2.75, 3.05) is 33.0 Å².